The summed E-state index contributed by atoms with van der Waals surface area (Å²) in [5.41, 5.74) is 1.03. The lowest BCUT2D eigenvalue weighted by Crippen LogP contribution is -2.29. The van der Waals surface area contributed by atoms with Crippen LogP contribution < -0.4 is 10.9 Å². The Bertz CT molecular complexity index is 1290. The molecule has 2 heterocycles. The van der Waals surface area contributed by atoms with Crippen molar-refractivity contribution in [1.29, 1.82) is 0 Å². The Balaban J connectivity index is 1.70. The van der Waals surface area contributed by atoms with Crippen molar-refractivity contribution in [2.24, 2.45) is 0 Å². The summed E-state index contributed by atoms with van der Waals surface area (Å²) < 4.78 is 4.02. The second-order valence-corrected chi connectivity index (χ2v) is 8.01. The number of rotatable bonds is 5. The lowest BCUT2D eigenvalue weighted by molar-refractivity contribution is 0.102. The van der Waals surface area contributed by atoms with E-state index in [1.807, 2.05) is 38.1 Å². The van der Waals surface area contributed by atoms with Gasteiger partial charge in [-0.05, 0) is 31.5 Å². The molecule has 0 unspecified atom stereocenters. The highest BCUT2D eigenvalue weighted by molar-refractivity contribution is 9.10. The highest BCUT2D eigenvalue weighted by Crippen LogP contribution is 2.20. The zero-order valence-electron chi connectivity index (χ0n) is 16.5. The van der Waals surface area contributed by atoms with Crippen molar-refractivity contribution in [3.8, 4) is 0 Å². The summed E-state index contributed by atoms with van der Waals surface area (Å²) in [5.74, 6) is 0.151. The molecule has 2 aromatic heterocycles. The van der Waals surface area contributed by atoms with Gasteiger partial charge < -0.3 is 5.32 Å². The molecule has 4 aromatic rings. The topological polar surface area (TPSA) is 81.8 Å². The van der Waals surface area contributed by atoms with E-state index in [0.29, 0.717) is 23.1 Å². The highest BCUT2D eigenvalue weighted by atomic mass is 79.9. The number of benzene rings is 2. The number of aromatic nitrogens is 4. The summed E-state index contributed by atoms with van der Waals surface area (Å²) in [6, 6.07) is 16.4. The van der Waals surface area contributed by atoms with Gasteiger partial charge in [-0.2, -0.15) is 10.2 Å². The van der Waals surface area contributed by atoms with Crippen molar-refractivity contribution < 1.29 is 4.79 Å². The van der Waals surface area contributed by atoms with Crippen molar-refractivity contribution >= 4 is 38.4 Å². The summed E-state index contributed by atoms with van der Waals surface area (Å²) in [6.45, 7) is 4.21. The van der Waals surface area contributed by atoms with E-state index in [-0.39, 0.29) is 17.3 Å². The van der Waals surface area contributed by atoms with Crippen LogP contribution in [0.3, 0.4) is 0 Å². The Morgan fingerprint density at radius 2 is 1.77 bits per heavy atom. The lowest BCUT2D eigenvalue weighted by atomic mass is 10.1. The van der Waals surface area contributed by atoms with Crippen LogP contribution in [-0.4, -0.2) is 25.5 Å². The van der Waals surface area contributed by atoms with Crippen molar-refractivity contribution in [2.75, 3.05) is 5.32 Å². The Kier molecular flexibility index (Phi) is 5.50. The number of amides is 1. The number of halogens is 1. The third-order valence-electron chi connectivity index (χ3n) is 4.77. The predicted molar refractivity (Wildman–Crippen MR) is 120 cm³/mol. The molecule has 7 nitrogen and oxygen atoms in total. The molecule has 0 fully saturated rings. The smallest absolute Gasteiger partial charge is 0.277 e. The summed E-state index contributed by atoms with van der Waals surface area (Å²) in [5, 5.41) is 12.6. The van der Waals surface area contributed by atoms with Crippen LogP contribution in [0.2, 0.25) is 0 Å². The number of fused-ring (bicyclic) bond motifs is 1. The number of hydrogen-bond donors (Lipinski definition) is 1. The molecule has 1 amide bonds. The quantitative estimate of drug-likeness (QED) is 0.477. The van der Waals surface area contributed by atoms with Crippen molar-refractivity contribution in [1.82, 2.24) is 19.6 Å². The van der Waals surface area contributed by atoms with Crippen LogP contribution in [0.1, 0.15) is 35.9 Å². The molecule has 0 aliphatic carbocycles. The average Bonchev–Trinajstić information content (AvgIpc) is 3.16. The minimum Gasteiger partial charge on any atom is -0.305 e. The fraction of sp³-hybridized carbons (Fsp3) is 0.182. The molecule has 0 aliphatic heterocycles. The van der Waals surface area contributed by atoms with E-state index in [4.69, 9.17) is 0 Å². The molecule has 0 saturated carbocycles. The minimum atomic E-state index is -0.394. The van der Waals surface area contributed by atoms with Gasteiger partial charge in [-0.25, -0.2) is 9.36 Å². The van der Waals surface area contributed by atoms with Gasteiger partial charge in [-0.15, -0.1) is 0 Å². The van der Waals surface area contributed by atoms with E-state index >= 15 is 0 Å². The van der Waals surface area contributed by atoms with Crippen LogP contribution in [0, 0.1) is 0 Å². The van der Waals surface area contributed by atoms with Gasteiger partial charge in [-0.1, -0.05) is 52.3 Å². The molecule has 1 N–H and O–H groups in total. The van der Waals surface area contributed by atoms with Gasteiger partial charge in [0.1, 0.15) is 5.82 Å². The normalized spacial score (nSPS) is 11.2. The minimum absolute atomic E-state index is 0.172. The Morgan fingerprint density at radius 1 is 1.07 bits per heavy atom. The third-order valence-corrected chi connectivity index (χ3v) is 5.54. The molecule has 4 rings (SSSR count). The molecule has 0 bridgehead atoms. The maximum absolute atomic E-state index is 13.1. The largest absolute Gasteiger partial charge is 0.305 e. The first-order valence-electron chi connectivity index (χ1n) is 9.54. The fourth-order valence-corrected chi connectivity index (χ4v) is 3.66. The van der Waals surface area contributed by atoms with Gasteiger partial charge in [0.15, 0.2) is 5.69 Å². The van der Waals surface area contributed by atoms with E-state index in [0.717, 1.165) is 10.0 Å². The molecular weight excluding hydrogens is 446 g/mol. The Morgan fingerprint density at radius 3 is 2.50 bits per heavy atom. The molecule has 0 radical (unpaired) electrons. The van der Waals surface area contributed by atoms with E-state index in [1.54, 1.807) is 41.2 Å². The van der Waals surface area contributed by atoms with E-state index in [2.05, 4.69) is 31.4 Å². The maximum Gasteiger partial charge on any atom is 0.277 e. The van der Waals surface area contributed by atoms with E-state index in [1.165, 1.54) is 4.68 Å². The van der Waals surface area contributed by atoms with E-state index < -0.39 is 5.91 Å². The van der Waals surface area contributed by atoms with Gasteiger partial charge in [-0.3, -0.25) is 9.59 Å². The van der Waals surface area contributed by atoms with Crippen molar-refractivity contribution in [2.45, 2.75) is 26.4 Å². The van der Waals surface area contributed by atoms with E-state index in [9.17, 15) is 9.59 Å². The van der Waals surface area contributed by atoms with Crippen LogP contribution in [0.4, 0.5) is 5.82 Å². The summed E-state index contributed by atoms with van der Waals surface area (Å²) in [4.78, 5) is 25.8. The number of anilines is 1. The van der Waals surface area contributed by atoms with Crippen LogP contribution in [0.5, 0.6) is 0 Å². The summed E-state index contributed by atoms with van der Waals surface area (Å²) in [7, 11) is 0. The fourth-order valence-electron chi connectivity index (χ4n) is 3.25. The zero-order valence-corrected chi connectivity index (χ0v) is 18.1. The predicted octanol–water partition coefficient (Wildman–Crippen LogP) is 4.24. The zero-order chi connectivity index (χ0) is 21.3. The molecule has 0 aliphatic rings. The summed E-state index contributed by atoms with van der Waals surface area (Å²) >= 11 is 3.54. The molecular formula is C22H20BrN5O2. The number of carbonyl (C=O) groups excluding carboxylic acids is 1. The van der Waals surface area contributed by atoms with Crippen molar-refractivity contribution in [3.63, 3.8) is 0 Å². The molecule has 0 atom stereocenters. The van der Waals surface area contributed by atoms with Gasteiger partial charge >= 0.3 is 0 Å². The standard InChI is InChI=1S/C22H20BrN5O2/c1-14(2)28-22(30)17-9-5-4-8-16(17)20(26-28)21(29)25-19-11-12-24-27(19)13-15-7-3-6-10-18(15)23/h3-12,14H,13H2,1-2H3,(H,25,29). The molecule has 0 spiro atoms. The monoisotopic (exact) mass is 465 g/mol. The third kappa shape index (κ3) is 3.78. The van der Waals surface area contributed by atoms with Gasteiger partial charge in [0.25, 0.3) is 11.5 Å². The van der Waals surface area contributed by atoms with Crippen LogP contribution in [-0.2, 0) is 6.54 Å². The average molecular weight is 466 g/mol. The van der Waals surface area contributed by atoms with Gasteiger partial charge in [0.05, 0.1) is 24.2 Å². The van der Waals surface area contributed by atoms with Crippen molar-refractivity contribution in [3.05, 3.63) is 86.9 Å². The van der Waals surface area contributed by atoms with Gasteiger partial charge in [0.2, 0.25) is 0 Å². The first-order valence-corrected chi connectivity index (χ1v) is 10.3. The molecule has 30 heavy (non-hydrogen) atoms. The first kappa shape index (κ1) is 20.0. The Labute approximate surface area is 181 Å². The molecule has 2 aromatic carbocycles. The number of carbonyl (C=O) groups is 1. The van der Waals surface area contributed by atoms with Crippen LogP contribution in [0.25, 0.3) is 10.8 Å². The number of nitrogens with zero attached hydrogens (tertiary/aromatic N) is 4. The second kappa shape index (κ2) is 8.23. The second-order valence-electron chi connectivity index (χ2n) is 7.16. The lowest BCUT2D eigenvalue weighted by Gasteiger charge is -2.14. The molecule has 8 heteroatoms. The highest BCUT2D eigenvalue weighted by Gasteiger charge is 2.19. The SMILES string of the molecule is CC(C)n1nc(C(=O)Nc2ccnn2Cc2ccccc2Br)c2ccccc2c1=O. The van der Waals surface area contributed by atoms with Crippen LogP contribution >= 0.6 is 15.9 Å². The number of nitrogens with one attached hydrogen (secondary N) is 1. The molecule has 152 valence electrons. The number of hydrogen-bond acceptors (Lipinski definition) is 4. The first-order chi connectivity index (χ1) is 14.5. The van der Waals surface area contributed by atoms with Gasteiger partial charge in [0, 0.05) is 15.9 Å². The van der Waals surface area contributed by atoms with Crippen LogP contribution in [0.15, 0.2) is 70.1 Å². The summed E-state index contributed by atoms with van der Waals surface area (Å²) in [6.07, 6.45) is 1.63. The molecule has 0 saturated heterocycles. The maximum atomic E-state index is 13.1. The Hall–Kier alpha value is -3.26.